The molecule has 0 spiro atoms. The Morgan fingerprint density at radius 3 is 2.93 bits per heavy atom. The molecule has 0 aliphatic carbocycles. The Morgan fingerprint density at radius 2 is 2.11 bits per heavy atom. The summed E-state index contributed by atoms with van der Waals surface area (Å²) in [5, 5.41) is 0.610. The van der Waals surface area contributed by atoms with E-state index in [9.17, 15) is 9.18 Å². The molecule has 138 valence electrons. The highest BCUT2D eigenvalue weighted by Crippen LogP contribution is 2.31. The van der Waals surface area contributed by atoms with Gasteiger partial charge < -0.3 is 4.74 Å². The molecule has 0 radical (unpaired) electrons. The molecule has 0 fully saturated rings. The van der Waals surface area contributed by atoms with Gasteiger partial charge in [0.1, 0.15) is 11.6 Å². The maximum absolute atomic E-state index is 13.5. The average molecular weight is 401 g/mol. The molecular formula is C20H17FN2O2S2. The van der Waals surface area contributed by atoms with Crippen LogP contribution >= 0.6 is 23.5 Å². The normalized spacial score (nSPS) is 12.8. The van der Waals surface area contributed by atoms with Gasteiger partial charge in [-0.3, -0.25) is 9.36 Å². The molecule has 0 amide bonds. The number of hydrogen-bond donors (Lipinski definition) is 0. The van der Waals surface area contributed by atoms with Crippen LogP contribution in [0.4, 0.5) is 4.39 Å². The van der Waals surface area contributed by atoms with Crippen LogP contribution in [0.15, 0.2) is 63.4 Å². The fourth-order valence-corrected chi connectivity index (χ4v) is 4.94. The molecule has 0 saturated carbocycles. The molecule has 3 aromatic rings. The molecule has 0 unspecified atom stereocenters. The molecular weight excluding hydrogens is 383 g/mol. The van der Waals surface area contributed by atoms with Gasteiger partial charge in [0.2, 0.25) is 0 Å². The lowest BCUT2D eigenvalue weighted by Crippen LogP contribution is -2.23. The van der Waals surface area contributed by atoms with Crippen molar-refractivity contribution in [2.45, 2.75) is 22.2 Å². The van der Waals surface area contributed by atoms with Gasteiger partial charge in [-0.15, -0.1) is 11.8 Å². The van der Waals surface area contributed by atoms with Crippen molar-refractivity contribution in [2.24, 2.45) is 0 Å². The van der Waals surface area contributed by atoms with E-state index in [4.69, 9.17) is 9.72 Å². The zero-order valence-corrected chi connectivity index (χ0v) is 16.3. The van der Waals surface area contributed by atoms with Crippen LogP contribution in [0.25, 0.3) is 5.69 Å². The number of ether oxygens (including phenoxy) is 1. The maximum Gasteiger partial charge on any atom is 0.272 e. The average Bonchev–Trinajstić information content (AvgIpc) is 3.15. The van der Waals surface area contributed by atoms with Gasteiger partial charge >= 0.3 is 0 Å². The standard InChI is InChI=1S/C20H17FN2O2S2/c1-25-16-7-3-6-15(11-16)23-19(24)18-17(8-9-26-18)22-20(23)27-12-13-4-2-5-14(21)10-13/h2-7,10-11H,8-9,12H2,1H3. The van der Waals surface area contributed by atoms with Crippen molar-refractivity contribution in [2.75, 3.05) is 12.9 Å². The number of rotatable bonds is 5. The second-order valence-electron chi connectivity index (χ2n) is 6.03. The third kappa shape index (κ3) is 3.75. The first-order valence-corrected chi connectivity index (χ1v) is 10.4. The third-order valence-electron chi connectivity index (χ3n) is 4.24. The molecule has 1 aromatic heterocycles. The van der Waals surface area contributed by atoms with E-state index in [0.29, 0.717) is 27.2 Å². The van der Waals surface area contributed by atoms with Gasteiger partial charge in [-0.1, -0.05) is 30.0 Å². The minimum Gasteiger partial charge on any atom is -0.497 e. The van der Waals surface area contributed by atoms with Crippen molar-refractivity contribution in [3.05, 3.63) is 76.0 Å². The number of benzene rings is 2. The molecule has 2 heterocycles. The minimum absolute atomic E-state index is 0.0579. The monoisotopic (exact) mass is 400 g/mol. The summed E-state index contributed by atoms with van der Waals surface area (Å²) in [7, 11) is 1.60. The number of methoxy groups -OCH3 is 1. The SMILES string of the molecule is COc1cccc(-n2c(SCc3cccc(F)c3)nc3c(c2=O)SCC3)c1. The zero-order chi connectivity index (χ0) is 18.8. The van der Waals surface area contributed by atoms with Gasteiger partial charge in [0.25, 0.3) is 5.56 Å². The molecule has 4 nitrogen and oxygen atoms in total. The summed E-state index contributed by atoms with van der Waals surface area (Å²) in [6.45, 7) is 0. The van der Waals surface area contributed by atoms with Gasteiger partial charge in [0, 0.05) is 24.0 Å². The van der Waals surface area contributed by atoms with Crippen molar-refractivity contribution in [1.82, 2.24) is 9.55 Å². The number of nitrogens with zero attached hydrogens (tertiary/aromatic N) is 2. The predicted octanol–water partition coefficient (Wildman–Crippen LogP) is 4.32. The summed E-state index contributed by atoms with van der Waals surface area (Å²) >= 11 is 2.98. The minimum atomic E-state index is -0.267. The lowest BCUT2D eigenvalue weighted by molar-refractivity contribution is 0.414. The van der Waals surface area contributed by atoms with Crippen LogP contribution in [0.5, 0.6) is 5.75 Å². The molecule has 0 saturated heterocycles. The van der Waals surface area contributed by atoms with Crippen LogP contribution in [-0.4, -0.2) is 22.4 Å². The predicted molar refractivity (Wildman–Crippen MR) is 107 cm³/mol. The van der Waals surface area contributed by atoms with E-state index < -0.39 is 0 Å². The van der Waals surface area contributed by atoms with E-state index in [0.717, 1.165) is 23.4 Å². The Labute approximate surface area is 164 Å². The molecule has 1 aliphatic heterocycles. The van der Waals surface area contributed by atoms with Gasteiger partial charge in [0.15, 0.2) is 5.16 Å². The van der Waals surface area contributed by atoms with Crippen molar-refractivity contribution in [3.8, 4) is 11.4 Å². The summed E-state index contributed by atoms with van der Waals surface area (Å²) in [6, 6.07) is 13.9. The zero-order valence-electron chi connectivity index (χ0n) is 14.6. The van der Waals surface area contributed by atoms with E-state index in [1.54, 1.807) is 29.5 Å². The highest BCUT2D eigenvalue weighted by molar-refractivity contribution is 7.99. The van der Waals surface area contributed by atoms with Crippen LogP contribution in [-0.2, 0) is 12.2 Å². The first-order valence-electron chi connectivity index (χ1n) is 8.46. The van der Waals surface area contributed by atoms with Gasteiger partial charge in [-0.2, -0.15) is 0 Å². The second kappa shape index (κ2) is 7.78. The lowest BCUT2D eigenvalue weighted by Gasteiger charge is -2.14. The van der Waals surface area contributed by atoms with Crippen molar-refractivity contribution >= 4 is 23.5 Å². The van der Waals surface area contributed by atoms with E-state index in [1.807, 2.05) is 30.3 Å². The lowest BCUT2D eigenvalue weighted by atomic mass is 10.2. The maximum atomic E-state index is 13.5. The number of hydrogen-bond acceptors (Lipinski definition) is 5. The quantitative estimate of drug-likeness (QED) is 0.471. The third-order valence-corrected chi connectivity index (χ3v) is 6.35. The van der Waals surface area contributed by atoms with Crippen LogP contribution in [0.3, 0.4) is 0 Å². The highest BCUT2D eigenvalue weighted by atomic mass is 32.2. The largest absolute Gasteiger partial charge is 0.497 e. The Morgan fingerprint density at radius 1 is 1.26 bits per heavy atom. The summed E-state index contributed by atoms with van der Waals surface area (Å²) in [5.74, 6) is 1.80. The Kier molecular flexibility index (Phi) is 5.22. The Hall–Kier alpha value is -2.25. The van der Waals surface area contributed by atoms with E-state index in [1.165, 1.54) is 23.9 Å². The molecule has 0 bridgehead atoms. The topological polar surface area (TPSA) is 44.1 Å². The molecule has 27 heavy (non-hydrogen) atoms. The van der Waals surface area contributed by atoms with Crippen molar-refractivity contribution in [3.63, 3.8) is 0 Å². The van der Waals surface area contributed by atoms with Gasteiger partial charge in [-0.25, -0.2) is 9.37 Å². The number of halogens is 1. The van der Waals surface area contributed by atoms with Crippen LogP contribution < -0.4 is 10.3 Å². The van der Waals surface area contributed by atoms with Crippen LogP contribution in [0, 0.1) is 5.82 Å². The molecule has 7 heteroatoms. The number of aromatic nitrogens is 2. The summed E-state index contributed by atoms with van der Waals surface area (Å²) in [4.78, 5) is 18.6. The Bertz CT molecular complexity index is 1050. The molecule has 2 aromatic carbocycles. The molecule has 1 aliphatic rings. The van der Waals surface area contributed by atoms with Crippen LogP contribution in [0.1, 0.15) is 11.3 Å². The highest BCUT2D eigenvalue weighted by Gasteiger charge is 2.22. The molecule has 0 atom stereocenters. The van der Waals surface area contributed by atoms with E-state index in [2.05, 4.69) is 0 Å². The summed E-state index contributed by atoms with van der Waals surface area (Å²) in [6.07, 6.45) is 0.793. The smallest absolute Gasteiger partial charge is 0.272 e. The first-order chi connectivity index (χ1) is 13.2. The van der Waals surface area contributed by atoms with Gasteiger partial charge in [-0.05, 0) is 29.8 Å². The second-order valence-corrected chi connectivity index (χ2v) is 8.08. The van der Waals surface area contributed by atoms with Gasteiger partial charge in [0.05, 0.1) is 23.4 Å². The Balaban J connectivity index is 1.77. The number of fused-ring (bicyclic) bond motifs is 1. The first kappa shape index (κ1) is 18.1. The summed E-state index contributed by atoms with van der Waals surface area (Å²) < 4.78 is 20.4. The van der Waals surface area contributed by atoms with Crippen LogP contribution in [0.2, 0.25) is 0 Å². The number of aryl methyl sites for hydroxylation is 1. The van der Waals surface area contributed by atoms with Crippen molar-refractivity contribution < 1.29 is 9.13 Å². The van der Waals surface area contributed by atoms with Crippen molar-refractivity contribution in [1.29, 1.82) is 0 Å². The number of thioether (sulfide) groups is 2. The molecule has 0 N–H and O–H groups in total. The fraction of sp³-hybridized carbons (Fsp3) is 0.200. The molecule has 4 rings (SSSR count). The summed E-state index contributed by atoms with van der Waals surface area (Å²) in [5.41, 5.74) is 2.36. The van der Waals surface area contributed by atoms with E-state index >= 15 is 0 Å². The van der Waals surface area contributed by atoms with E-state index in [-0.39, 0.29) is 11.4 Å². The fourth-order valence-electron chi connectivity index (χ4n) is 2.94.